The van der Waals surface area contributed by atoms with Crippen LogP contribution in [0.1, 0.15) is 0 Å². The van der Waals surface area contributed by atoms with Gasteiger partial charge in [0.2, 0.25) is 11.0 Å². The van der Waals surface area contributed by atoms with E-state index >= 15 is 0 Å². The van der Waals surface area contributed by atoms with Gasteiger partial charge in [0.25, 0.3) is 0 Å². The Labute approximate surface area is 127 Å². The van der Waals surface area contributed by atoms with E-state index in [0.717, 1.165) is 10.2 Å². The zero-order valence-corrected chi connectivity index (χ0v) is 11.9. The van der Waals surface area contributed by atoms with Crippen molar-refractivity contribution in [3.8, 4) is 5.88 Å². The van der Waals surface area contributed by atoms with Crippen LogP contribution in [0.3, 0.4) is 0 Å². The van der Waals surface area contributed by atoms with Crippen LogP contribution in [0.25, 0.3) is 21.1 Å². The van der Waals surface area contributed by atoms with Crippen molar-refractivity contribution >= 4 is 43.3 Å². The number of halogens is 1. The molecule has 0 spiro atoms. The van der Waals surface area contributed by atoms with Gasteiger partial charge in [-0.05, 0) is 18.2 Å². The highest BCUT2D eigenvalue weighted by Crippen LogP contribution is 2.38. The number of hydrogen-bond donors (Lipinski definition) is 2. The van der Waals surface area contributed by atoms with Gasteiger partial charge in [0, 0.05) is 5.39 Å². The molecule has 4 rings (SSSR count). The van der Waals surface area contributed by atoms with E-state index in [2.05, 4.69) is 20.2 Å². The third-order valence-corrected chi connectivity index (χ3v) is 4.18. The molecule has 0 aliphatic carbocycles. The van der Waals surface area contributed by atoms with E-state index in [-0.39, 0.29) is 17.1 Å². The van der Waals surface area contributed by atoms with Crippen LogP contribution in [0.5, 0.6) is 5.88 Å². The molecule has 5 nitrogen and oxygen atoms in total. The second-order valence-electron chi connectivity index (χ2n) is 4.65. The summed E-state index contributed by atoms with van der Waals surface area (Å²) in [5, 5.41) is 18.9. The first-order chi connectivity index (χ1) is 10.7. The summed E-state index contributed by atoms with van der Waals surface area (Å²) >= 11 is 1.40. The average Bonchev–Trinajstić information content (AvgIpc) is 3.06. The lowest BCUT2D eigenvalue weighted by Crippen LogP contribution is -1.74. The molecule has 0 saturated carbocycles. The number of nitrogens with zero attached hydrogens (tertiary/aromatic N) is 3. The van der Waals surface area contributed by atoms with Crippen LogP contribution in [0.2, 0.25) is 0 Å². The molecule has 7 heteroatoms. The predicted octanol–water partition coefficient (Wildman–Crippen LogP) is 5.04. The Kier molecular flexibility index (Phi) is 2.87. The second kappa shape index (κ2) is 4.88. The standard InChI is InChI=1S/C15H9FN4OS/c16-9-5-3-4-8-12(9)18-14(21)13(8)19-20-15-17-10-6-1-2-7-11(10)22-15/h1-7,18,21H. The zero-order valence-electron chi connectivity index (χ0n) is 11.1. The monoisotopic (exact) mass is 312 g/mol. The van der Waals surface area contributed by atoms with E-state index < -0.39 is 5.82 Å². The highest BCUT2D eigenvalue weighted by atomic mass is 32.1. The highest BCUT2D eigenvalue weighted by molar-refractivity contribution is 7.21. The predicted molar refractivity (Wildman–Crippen MR) is 83.7 cm³/mol. The second-order valence-corrected chi connectivity index (χ2v) is 5.66. The molecule has 0 radical (unpaired) electrons. The maximum absolute atomic E-state index is 13.7. The number of H-pyrrole nitrogens is 1. The number of aromatic hydroxyl groups is 1. The molecule has 108 valence electrons. The van der Waals surface area contributed by atoms with Crippen LogP contribution in [0, 0.1) is 5.82 Å². The first-order valence-corrected chi connectivity index (χ1v) is 7.30. The number of benzene rings is 2. The van der Waals surface area contributed by atoms with E-state index in [4.69, 9.17) is 0 Å². The number of azo groups is 1. The number of fused-ring (bicyclic) bond motifs is 2. The van der Waals surface area contributed by atoms with Gasteiger partial charge in [-0.1, -0.05) is 35.6 Å². The normalized spacial score (nSPS) is 11.9. The third kappa shape index (κ3) is 2.03. The van der Waals surface area contributed by atoms with Gasteiger partial charge in [-0.25, -0.2) is 9.37 Å². The van der Waals surface area contributed by atoms with Gasteiger partial charge in [0.1, 0.15) is 5.82 Å². The van der Waals surface area contributed by atoms with Crippen molar-refractivity contribution in [3.05, 3.63) is 48.3 Å². The maximum atomic E-state index is 13.7. The molecular weight excluding hydrogens is 303 g/mol. The number of aromatic nitrogens is 2. The minimum atomic E-state index is -0.450. The Hall–Kier alpha value is -2.80. The van der Waals surface area contributed by atoms with Crippen LogP contribution in [-0.2, 0) is 0 Å². The van der Waals surface area contributed by atoms with Crippen molar-refractivity contribution in [2.45, 2.75) is 0 Å². The lowest BCUT2D eigenvalue weighted by molar-refractivity contribution is 0.459. The Balaban J connectivity index is 1.79. The Morgan fingerprint density at radius 3 is 2.82 bits per heavy atom. The molecule has 2 heterocycles. The molecule has 0 unspecified atom stereocenters. The lowest BCUT2D eigenvalue weighted by atomic mass is 10.2. The molecule has 22 heavy (non-hydrogen) atoms. The fourth-order valence-electron chi connectivity index (χ4n) is 2.25. The van der Waals surface area contributed by atoms with Crippen molar-refractivity contribution in [2.75, 3.05) is 0 Å². The smallest absolute Gasteiger partial charge is 0.231 e. The summed E-state index contributed by atoms with van der Waals surface area (Å²) in [6.45, 7) is 0. The minimum Gasteiger partial charge on any atom is -0.493 e. The van der Waals surface area contributed by atoms with E-state index in [1.165, 1.54) is 17.4 Å². The van der Waals surface area contributed by atoms with Gasteiger partial charge < -0.3 is 10.1 Å². The van der Waals surface area contributed by atoms with E-state index in [9.17, 15) is 9.50 Å². The SMILES string of the molecule is Oc1[nH]c2c(F)cccc2c1N=Nc1nc2ccccc2s1. The Morgan fingerprint density at radius 2 is 1.95 bits per heavy atom. The van der Waals surface area contributed by atoms with Crippen LogP contribution in [0.4, 0.5) is 15.2 Å². The van der Waals surface area contributed by atoms with Crippen LogP contribution in [0.15, 0.2) is 52.7 Å². The summed E-state index contributed by atoms with van der Waals surface area (Å²) in [6, 6.07) is 12.2. The van der Waals surface area contributed by atoms with Crippen molar-refractivity contribution in [2.24, 2.45) is 10.2 Å². The number of nitrogens with one attached hydrogen (secondary N) is 1. The van der Waals surface area contributed by atoms with Crippen molar-refractivity contribution in [1.29, 1.82) is 0 Å². The summed E-state index contributed by atoms with van der Waals surface area (Å²) < 4.78 is 14.7. The molecule has 2 aromatic heterocycles. The molecule has 4 aromatic rings. The largest absolute Gasteiger partial charge is 0.493 e. The molecule has 0 atom stereocenters. The number of thiazole rings is 1. The van der Waals surface area contributed by atoms with Gasteiger partial charge in [-0.2, -0.15) is 0 Å². The number of rotatable bonds is 2. The molecule has 2 N–H and O–H groups in total. The highest BCUT2D eigenvalue weighted by Gasteiger charge is 2.13. The lowest BCUT2D eigenvalue weighted by Gasteiger charge is -1.91. The van der Waals surface area contributed by atoms with Crippen LogP contribution >= 0.6 is 11.3 Å². The van der Waals surface area contributed by atoms with Crippen LogP contribution < -0.4 is 0 Å². The fraction of sp³-hybridized carbons (Fsp3) is 0. The summed E-state index contributed by atoms with van der Waals surface area (Å²) in [5.74, 6) is -0.667. The number of aromatic amines is 1. The van der Waals surface area contributed by atoms with Gasteiger partial charge in [0.15, 0.2) is 5.69 Å². The third-order valence-electron chi connectivity index (χ3n) is 3.25. The Bertz CT molecular complexity index is 988. The van der Waals surface area contributed by atoms with Crippen molar-refractivity contribution < 1.29 is 9.50 Å². The van der Waals surface area contributed by atoms with Gasteiger partial charge >= 0.3 is 0 Å². The van der Waals surface area contributed by atoms with Gasteiger partial charge in [-0.3, -0.25) is 0 Å². The molecule has 0 bridgehead atoms. The van der Waals surface area contributed by atoms with Crippen LogP contribution in [-0.4, -0.2) is 15.1 Å². The first-order valence-electron chi connectivity index (χ1n) is 6.49. The molecule has 2 aromatic carbocycles. The number of hydrogen-bond acceptors (Lipinski definition) is 5. The van der Waals surface area contributed by atoms with Crippen molar-refractivity contribution in [1.82, 2.24) is 9.97 Å². The quantitative estimate of drug-likeness (QED) is 0.509. The Morgan fingerprint density at radius 1 is 1.09 bits per heavy atom. The summed E-state index contributed by atoms with van der Waals surface area (Å²) in [5.41, 5.74) is 1.25. The summed E-state index contributed by atoms with van der Waals surface area (Å²) in [4.78, 5) is 6.90. The zero-order chi connectivity index (χ0) is 15.1. The molecule has 0 aliphatic rings. The average molecular weight is 312 g/mol. The van der Waals surface area contributed by atoms with Gasteiger partial charge in [0.05, 0.1) is 15.7 Å². The van der Waals surface area contributed by atoms with Gasteiger partial charge in [-0.15, -0.1) is 10.2 Å². The molecular formula is C15H9FN4OS. The first kappa shape index (κ1) is 12.9. The molecule has 0 amide bonds. The molecule has 0 aliphatic heterocycles. The summed E-state index contributed by atoms with van der Waals surface area (Å²) in [7, 11) is 0. The fourth-order valence-corrected chi connectivity index (χ4v) is 3.04. The summed E-state index contributed by atoms with van der Waals surface area (Å²) in [6.07, 6.45) is 0. The molecule has 0 fully saturated rings. The van der Waals surface area contributed by atoms with E-state index in [0.29, 0.717) is 10.5 Å². The van der Waals surface area contributed by atoms with E-state index in [1.807, 2.05) is 24.3 Å². The van der Waals surface area contributed by atoms with E-state index in [1.54, 1.807) is 12.1 Å². The topological polar surface area (TPSA) is 73.6 Å². The van der Waals surface area contributed by atoms with Crippen molar-refractivity contribution in [3.63, 3.8) is 0 Å². The number of para-hydroxylation sites is 2. The maximum Gasteiger partial charge on any atom is 0.231 e. The minimum absolute atomic E-state index is 0.203. The molecule has 0 saturated heterocycles.